The summed E-state index contributed by atoms with van der Waals surface area (Å²) in [7, 11) is 1.44. The summed E-state index contributed by atoms with van der Waals surface area (Å²) in [5, 5.41) is 0. The molecule has 2 N–H and O–H groups in total. The third-order valence-corrected chi connectivity index (χ3v) is 3.25. The van der Waals surface area contributed by atoms with Crippen LogP contribution in [0.15, 0.2) is 18.2 Å². The Morgan fingerprint density at radius 2 is 2.38 bits per heavy atom. The molecule has 1 atom stereocenters. The molecular formula is C13H17NO2. The lowest BCUT2D eigenvalue weighted by molar-refractivity contribution is -0.141. The van der Waals surface area contributed by atoms with Gasteiger partial charge >= 0.3 is 5.97 Å². The fourth-order valence-corrected chi connectivity index (χ4v) is 2.41. The maximum Gasteiger partial charge on any atom is 0.306 e. The van der Waals surface area contributed by atoms with Gasteiger partial charge in [0, 0.05) is 5.69 Å². The Bertz CT molecular complexity index is 401. The number of nitrogen functional groups attached to an aromatic ring is 1. The quantitative estimate of drug-likeness (QED) is 0.613. The van der Waals surface area contributed by atoms with E-state index in [4.69, 9.17) is 10.5 Å². The van der Waals surface area contributed by atoms with E-state index in [1.54, 1.807) is 0 Å². The molecule has 0 aliphatic heterocycles. The first-order chi connectivity index (χ1) is 7.70. The molecule has 0 radical (unpaired) electrons. The van der Waals surface area contributed by atoms with Gasteiger partial charge in [-0.15, -0.1) is 0 Å². The third kappa shape index (κ3) is 2.18. The fourth-order valence-electron chi connectivity index (χ4n) is 2.41. The largest absolute Gasteiger partial charge is 0.469 e. The number of carbonyl (C=O) groups excluding carboxylic acids is 1. The molecule has 0 aromatic heterocycles. The van der Waals surface area contributed by atoms with Gasteiger partial charge in [-0.05, 0) is 48.4 Å². The minimum absolute atomic E-state index is 0.139. The second kappa shape index (κ2) is 4.56. The third-order valence-electron chi connectivity index (χ3n) is 3.25. The summed E-state index contributed by atoms with van der Waals surface area (Å²) < 4.78 is 4.73. The Morgan fingerprint density at radius 1 is 1.56 bits per heavy atom. The van der Waals surface area contributed by atoms with Crippen LogP contribution in [0.25, 0.3) is 0 Å². The van der Waals surface area contributed by atoms with Crippen molar-refractivity contribution < 1.29 is 9.53 Å². The summed E-state index contributed by atoms with van der Waals surface area (Å²) in [6, 6.07) is 6.01. The Balaban J connectivity index is 2.24. The summed E-state index contributed by atoms with van der Waals surface area (Å²) in [5.74, 6) is 0.139. The number of aryl methyl sites for hydroxylation is 1. The lowest BCUT2D eigenvalue weighted by Gasteiger charge is -2.25. The van der Waals surface area contributed by atoms with E-state index in [2.05, 4.69) is 6.07 Å². The molecule has 2 rings (SSSR count). The molecule has 0 bridgehead atoms. The molecule has 16 heavy (non-hydrogen) atoms. The van der Waals surface area contributed by atoms with Crippen LogP contribution in [-0.4, -0.2) is 13.1 Å². The van der Waals surface area contributed by atoms with Crippen molar-refractivity contribution in [1.29, 1.82) is 0 Å². The maximum atomic E-state index is 11.3. The fraction of sp³-hybridized carbons (Fsp3) is 0.462. The first-order valence-electron chi connectivity index (χ1n) is 5.66. The van der Waals surface area contributed by atoms with E-state index in [0.717, 1.165) is 24.9 Å². The van der Waals surface area contributed by atoms with Gasteiger partial charge in [0.15, 0.2) is 0 Å². The van der Waals surface area contributed by atoms with Crippen molar-refractivity contribution in [2.75, 3.05) is 12.8 Å². The minimum Gasteiger partial charge on any atom is -0.469 e. The van der Waals surface area contributed by atoms with Crippen LogP contribution in [0.4, 0.5) is 5.69 Å². The first-order valence-corrected chi connectivity index (χ1v) is 5.66. The highest BCUT2D eigenvalue weighted by molar-refractivity contribution is 5.70. The molecule has 0 saturated carbocycles. The molecular weight excluding hydrogens is 202 g/mol. The minimum atomic E-state index is -0.139. The number of anilines is 1. The van der Waals surface area contributed by atoms with Gasteiger partial charge in [-0.25, -0.2) is 0 Å². The lowest BCUT2D eigenvalue weighted by Crippen LogP contribution is -2.15. The second-order valence-corrected chi connectivity index (χ2v) is 4.33. The Morgan fingerprint density at radius 3 is 3.12 bits per heavy atom. The van der Waals surface area contributed by atoms with Gasteiger partial charge in [0.05, 0.1) is 13.5 Å². The van der Waals surface area contributed by atoms with Gasteiger partial charge in [0.25, 0.3) is 0 Å². The van der Waals surface area contributed by atoms with Crippen molar-refractivity contribution in [3.05, 3.63) is 29.3 Å². The van der Waals surface area contributed by atoms with E-state index in [0.29, 0.717) is 6.42 Å². The van der Waals surface area contributed by atoms with Crippen LogP contribution in [0.2, 0.25) is 0 Å². The Hall–Kier alpha value is -1.51. The van der Waals surface area contributed by atoms with Gasteiger partial charge in [-0.3, -0.25) is 4.79 Å². The Kier molecular flexibility index (Phi) is 3.13. The number of benzene rings is 1. The molecule has 1 aliphatic carbocycles. The number of esters is 1. The summed E-state index contributed by atoms with van der Waals surface area (Å²) in [5.41, 5.74) is 9.13. The highest BCUT2D eigenvalue weighted by Gasteiger charge is 2.22. The van der Waals surface area contributed by atoms with Crippen LogP contribution in [-0.2, 0) is 16.0 Å². The standard InChI is InChI=1S/C13H17NO2/c1-16-13(15)7-10-4-2-3-9-5-6-11(14)8-12(9)10/h5-6,8,10H,2-4,7,14H2,1H3/t10-/m0/s1. The number of ether oxygens (including phenoxy) is 1. The summed E-state index contributed by atoms with van der Waals surface area (Å²) >= 11 is 0. The summed E-state index contributed by atoms with van der Waals surface area (Å²) in [6.45, 7) is 0. The summed E-state index contributed by atoms with van der Waals surface area (Å²) in [6.07, 6.45) is 3.74. The number of carbonyl (C=O) groups is 1. The number of fused-ring (bicyclic) bond motifs is 1. The van der Waals surface area contributed by atoms with E-state index in [-0.39, 0.29) is 11.9 Å². The molecule has 0 spiro atoms. The van der Waals surface area contributed by atoms with Crippen LogP contribution in [0, 0.1) is 0 Å². The zero-order chi connectivity index (χ0) is 11.5. The van der Waals surface area contributed by atoms with Crippen molar-refractivity contribution in [3.8, 4) is 0 Å². The molecule has 86 valence electrons. The van der Waals surface area contributed by atoms with Crippen molar-refractivity contribution in [1.82, 2.24) is 0 Å². The predicted octanol–water partition coefficient (Wildman–Crippen LogP) is 2.25. The smallest absolute Gasteiger partial charge is 0.306 e. The van der Waals surface area contributed by atoms with Gasteiger partial charge < -0.3 is 10.5 Å². The van der Waals surface area contributed by atoms with Gasteiger partial charge in [-0.2, -0.15) is 0 Å². The maximum absolute atomic E-state index is 11.3. The van der Waals surface area contributed by atoms with E-state index in [9.17, 15) is 4.79 Å². The Labute approximate surface area is 95.6 Å². The molecule has 1 aliphatic rings. The normalized spacial score (nSPS) is 18.9. The molecule has 0 amide bonds. The topological polar surface area (TPSA) is 52.3 Å². The van der Waals surface area contributed by atoms with Crippen LogP contribution < -0.4 is 5.73 Å². The molecule has 0 unspecified atom stereocenters. The highest BCUT2D eigenvalue weighted by Crippen LogP contribution is 2.35. The molecule has 1 aromatic rings. The average Bonchev–Trinajstić information content (AvgIpc) is 2.29. The van der Waals surface area contributed by atoms with Gasteiger partial charge in [0.1, 0.15) is 0 Å². The summed E-state index contributed by atoms with van der Waals surface area (Å²) in [4.78, 5) is 11.3. The molecule has 1 aromatic carbocycles. The second-order valence-electron chi connectivity index (χ2n) is 4.33. The molecule has 0 heterocycles. The molecule has 0 saturated heterocycles. The van der Waals surface area contributed by atoms with Crippen molar-refractivity contribution in [3.63, 3.8) is 0 Å². The van der Waals surface area contributed by atoms with Crippen molar-refractivity contribution in [2.45, 2.75) is 31.6 Å². The number of rotatable bonds is 2. The molecule has 3 nitrogen and oxygen atoms in total. The van der Waals surface area contributed by atoms with E-state index < -0.39 is 0 Å². The number of methoxy groups -OCH3 is 1. The number of hydrogen-bond acceptors (Lipinski definition) is 3. The SMILES string of the molecule is COC(=O)C[C@@H]1CCCc2ccc(N)cc21. The van der Waals surface area contributed by atoms with Crippen LogP contribution >= 0.6 is 0 Å². The first kappa shape index (κ1) is 11.0. The van der Waals surface area contributed by atoms with Gasteiger partial charge in [-0.1, -0.05) is 6.07 Å². The van der Waals surface area contributed by atoms with Gasteiger partial charge in [0.2, 0.25) is 0 Å². The predicted molar refractivity (Wildman–Crippen MR) is 63.2 cm³/mol. The highest BCUT2D eigenvalue weighted by atomic mass is 16.5. The zero-order valence-electron chi connectivity index (χ0n) is 9.53. The van der Waals surface area contributed by atoms with E-state index in [1.807, 2.05) is 12.1 Å². The number of hydrogen-bond donors (Lipinski definition) is 1. The van der Waals surface area contributed by atoms with Crippen LogP contribution in [0.1, 0.15) is 36.3 Å². The average molecular weight is 219 g/mol. The molecule has 0 fully saturated rings. The zero-order valence-corrected chi connectivity index (χ0v) is 9.53. The lowest BCUT2D eigenvalue weighted by atomic mass is 9.81. The van der Waals surface area contributed by atoms with E-state index in [1.165, 1.54) is 18.2 Å². The van der Waals surface area contributed by atoms with E-state index >= 15 is 0 Å². The van der Waals surface area contributed by atoms with Crippen LogP contribution in [0.3, 0.4) is 0 Å². The van der Waals surface area contributed by atoms with Crippen LogP contribution in [0.5, 0.6) is 0 Å². The van der Waals surface area contributed by atoms with Crippen molar-refractivity contribution in [2.24, 2.45) is 0 Å². The molecule has 3 heteroatoms. The van der Waals surface area contributed by atoms with Crippen molar-refractivity contribution >= 4 is 11.7 Å². The number of nitrogens with two attached hydrogens (primary N) is 1. The monoisotopic (exact) mass is 219 g/mol.